The van der Waals surface area contributed by atoms with Gasteiger partial charge >= 0.3 is 5.97 Å². The van der Waals surface area contributed by atoms with E-state index in [0.717, 1.165) is 0 Å². The molecule has 1 N–H and O–H groups in total. The fourth-order valence-corrected chi connectivity index (χ4v) is 3.49. The lowest BCUT2D eigenvalue weighted by atomic mass is 10.1. The molecule has 1 fully saturated rings. The first kappa shape index (κ1) is 21.3. The lowest BCUT2D eigenvalue weighted by molar-refractivity contribution is -0.130. The molecule has 2 heterocycles. The quantitative estimate of drug-likeness (QED) is 0.393. The Morgan fingerprint density at radius 3 is 2.63 bits per heavy atom. The maximum absolute atomic E-state index is 12.9. The van der Waals surface area contributed by atoms with Gasteiger partial charge in [-0.1, -0.05) is 6.08 Å². The maximum Gasteiger partial charge on any atom is 0.337 e. The number of nitrogens with zero attached hydrogens (tertiary/aromatic N) is 2. The smallest absolute Gasteiger partial charge is 0.337 e. The van der Waals surface area contributed by atoms with Crippen molar-refractivity contribution in [2.45, 2.75) is 19.0 Å². The number of thiocarbonyl (C=S) groups is 1. The van der Waals surface area contributed by atoms with Crippen molar-refractivity contribution in [2.24, 2.45) is 0 Å². The van der Waals surface area contributed by atoms with E-state index in [2.05, 4.69) is 16.6 Å². The Balaban J connectivity index is 1.71. The van der Waals surface area contributed by atoms with Crippen LogP contribution in [0, 0.1) is 0 Å². The number of esters is 1. The van der Waals surface area contributed by atoms with Crippen LogP contribution in [0.2, 0.25) is 0 Å². The number of hydrogen-bond acceptors (Lipinski definition) is 6. The van der Waals surface area contributed by atoms with Gasteiger partial charge in [0.05, 0.1) is 31.9 Å². The van der Waals surface area contributed by atoms with Crippen molar-refractivity contribution in [1.29, 1.82) is 0 Å². The van der Waals surface area contributed by atoms with Gasteiger partial charge in [0.2, 0.25) is 5.91 Å². The number of anilines is 1. The molecule has 0 spiro atoms. The van der Waals surface area contributed by atoms with E-state index in [-0.39, 0.29) is 31.3 Å². The SMILES string of the molecule is C=CCN1C(=O)C(CC(=O)Nc2ccc(C(=O)OC)cc2)N(Cc2ccco2)C1=S. The highest BCUT2D eigenvalue weighted by Crippen LogP contribution is 2.24. The largest absolute Gasteiger partial charge is 0.467 e. The van der Waals surface area contributed by atoms with E-state index < -0.39 is 12.0 Å². The van der Waals surface area contributed by atoms with E-state index in [1.165, 1.54) is 18.3 Å². The van der Waals surface area contributed by atoms with Crippen LogP contribution in [0.5, 0.6) is 0 Å². The van der Waals surface area contributed by atoms with Crippen molar-refractivity contribution in [2.75, 3.05) is 19.0 Å². The van der Waals surface area contributed by atoms with Crippen LogP contribution < -0.4 is 5.32 Å². The highest BCUT2D eigenvalue weighted by atomic mass is 32.1. The van der Waals surface area contributed by atoms with Crippen LogP contribution in [-0.4, -0.2) is 52.4 Å². The first-order valence-electron chi connectivity index (χ1n) is 9.18. The van der Waals surface area contributed by atoms with Crippen molar-refractivity contribution in [3.05, 3.63) is 66.6 Å². The first-order chi connectivity index (χ1) is 14.4. The predicted molar refractivity (Wildman–Crippen MR) is 114 cm³/mol. The number of carbonyl (C=O) groups is 3. The van der Waals surface area contributed by atoms with E-state index in [1.807, 2.05) is 0 Å². The molecule has 0 bridgehead atoms. The lowest BCUT2D eigenvalue weighted by Gasteiger charge is -2.22. The molecule has 8 nitrogen and oxygen atoms in total. The highest BCUT2D eigenvalue weighted by molar-refractivity contribution is 7.80. The van der Waals surface area contributed by atoms with Gasteiger partial charge in [-0.3, -0.25) is 14.5 Å². The first-order valence-corrected chi connectivity index (χ1v) is 9.59. The normalized spacial score (nSPS) is 16.0. The number of carbonyl (C=O) groups excluding carboxylic acids is 3. The third-order valence-electron chi connectivity index (χ3n) is 4.59. The summed E-state index contributed by atoms with van der Waals surface area (Å²) in [7, 11) is 1.30. The maximum atomic E-state index is 12.9. The third kappa shape index (κ3) is 4.57. The summed E-state index contributed by atoms with van der Waals surface area (Å²) in [5.74, 6) is -0.447. The van der Waals surface area contributed by atoms with Crippen LogP contribution in [0.3, 0.4) is 0 Å². The highest BCUT2D eigenvalue weighted by Gasteiger charge is 2.43. The molecule has 1 aliphatic heterocycles. The number of methoxy groups -OCH3 is 1. The number of ether oxygens (including phenoxy) is 1. The molecule has 1 saturated heterocycles. The van der Waals surface area contributed by atoms with Gasteiger partial charge in [0.15, 0.2) is 5.11 Å². The number of hydrogen-bond donors (Lipinski definition) is 1. The minimum atomic E-state index is -0.753. The van der Waals surface area contributed by atoms with Gasteiger partial charge in [0.25, 0.3) is 5.91 Å². The summed E-state index contributed by atoms with van der Waals surface area (Å²) >= 11 is 5.45. The minimum absolute atomic E-state index is 0.0912. The second-order valence-corrected chi connectivity index (χ2v) is 6.93. The summed E-state index contributed by atoms with van der Waals surface area (Å²) in [6, 6.07) is 9.06. The molecule has 1 atom stereocenters. The van der Waals surface area contributed by atoms with Crippen LogP contribution in [0.25, 0.3) is 0 Å². The van der Waals surface area contributed by atoms with E-state index in [4.69, 9.17) is 16.6 Å². The topological polar surface area (TPSA) is 92.1 Å². The molecule has 1 aromatic carbocycles. The predicted octanol–water partition coefficient (Wildman–Crippen LogP) is 2.58. The second-order valence-electron chi connectivity index (χ2n) is 6.56. The van der Waals surface area contributed by atoms with E-state index in [9.17, 15) is 14.4 Å². The van der Waals surface area contributed by atoms with Crippen molar-refractivity contribution >= 4 is 40.8 Å². The fraction of sp³-hybridized carbons (Fsp3) is 0.238. The van der Waals surface area contributed by atoms with Crippen LogP contribution in [0.4, 0.5) is 5.69 Å². The Labute approximate surface area is 179 Å². The summed E-state index contributed by atoms with van der Waals surface area (Å²) in [6.45, 7) is 4.20. The summed E-state index contributed by atoms with van der Waals surface area (Å²) in [4.78, 5) is 40.1. The molecule has 1 unspecified atom stereocenters. The summed E-state index contributed by atoms with van der Waals surface area (Å²) in [6.07, 6.45) is 3.03. The Morgan fingerprint density at radius 1 is 1.30 bits per heavy atom. The lowest BCUT2D eigenvalue weighted by Crippen LogP contribution is -2.37. The fourth-order valence-electron chi connectivity index (χ4n) is 3.13. The zero-order chi connectivity index (χ0) is 21.7. The molecular formula is C21H21N3O5S. The van der Waals surface area contributed by atoms with Crippen molar-refractivity contribution < 1.29 is 23.5 Å². The molecule has 0 radical (unpaired) electrons. The van der Waals surface area contributed by atoms with E-state index >= 15 is 0 Å². The number of rotatable bonds is 8. The van der Waals surface area contributed by atoms with Gasteiger partial charge in [-0.05, 0) is 48.6 Å². The third-order valence-corrected chi connectivity index (χ3v) is 5.05. The molecule has 9 heteroatoms. The van der Waals surface area contributed by atoms with E-state index in [1.54, 1.807) is 47.4 Å². The zero-order valence-corrected chi connectivity index (χ0v) is 17.2. The van der Waals surface area contributed by atoms with Gasteiger partial charge in [0, 0.05) is 12.2 Å². The van der Waals surface area contributed by atoms with Crippen molar-refractivity contribution in [1.82, 2.24) is 9.80 Å². The molecular weight excluding hydrogens is 406 g/mol. The van der Waals surface area contributed by atoms with Gasteiger partial charge in [-0.2, -0.15) is 0 Å². The number of nitrogens with one attached hydrogen (secondary N) is 1. The molecule has 30 heavy (non-hydrogen) atoms. The Morgan fingerprint density at radius 2 is 2.03 bits per heavy atom. The van der Waals surface area contributed by atoms with Crippen molar-refractivity contribution in [3.63, 3.8) is 0 Å². The molecule has 0 saturated carbocycles. The van der Waals surface area contributed by atoms with Gasteiger partial charge < -0.3 is 19.4 Å². The Kier molecular flexibility index (Phi) is 6.63. The van der Waals surface area contributed by atoms with Crippen LogP contribution in [0.15, 0.2) is 59.7 Å². The molecule has 0 aliphatic carbocycles. The molecule has 2 aromatic rings. The monoisotopic (exact) mass is 427 g/mol. The summed E-state index contributed by atoms with van der Waals surface area (Å²) in [5.41, 5.74) is 0.873. The summed E-state index contributed by atoms with van der Waals surface area (Å²) < 4.78 is 10.0. The van der Waals surface area contributed by atoms with Gasteiger partial charge in [-0.25, -0.2) is 4.79 Å². The Hall–Kier alpha value is -3.46. The van der Waals surface area contributed by atoms with E-state index in [0.29, 0.717) is 22.1 Å². The number of furan rings is 1. The molecule has 1 aromatic heterocycles. The van der Waals surface area contributed by atoms with Gasteiger partial charge in [-0.15, -0.1) is 6.58 Å². The second kappa shape index (κ2) is 9.36. The Bertz CT molecular complexity index is 956. The standard InChI is InChI=1S/C21H21N3O5S/c1-3-10-23-19(26)17(24(21(23)30)13-16-5-4-11-29-16)12-18(25)22-15-8-6-14(7-9-15)20(27)28-2/h3-9,11,17H,1,10,12-13H2,2H3,(H,22,25). The number of amides is 2. The van der Waals surface area contributed by atoms with Gasteiger partial charge in [0.1, 0.15) is 11.8 Å². The molecule has 156 valence electrons. The average molecular weight is 427 g/mol. The van der Waals surface area contributed by atoms with Crippen LogP contribution in [0.1, 0.15) is 22.5 Å². The molecule has 2 amide bonds. The average Bonchev–Trinajstić information content (AvgIpc) is 3.33. The zero-order valence-electron chi connectivity index (χ0n) is 16.4. The minimum Gasteiger partial charge on any atom is -0.467 e. The molecule has 1 aliphatic rings. The van der Waals surface area contributed by atoms with Crippen molar-refractivity contribution in [3.8, 4) is 0 Å². The number of benzene rings is 1. The summed E-state index contributed by atoms with van der Waals surface area (Å²) in [5, 5.41) is 3.07. The molecule has 3 rings (SSSR count). The van der Waals surface area contributed by atoms with Crippen LogP contribution >= 0.6 is 12.2 Å². The van der Waals surface area contributed by atoms with Crippen LogP contribution in [-0.2, 0) is 20.9 Å².